The van der Waals surface area contributed by atoms with E-state index in [4.69, 9.17) is 20.4 Å². The number of benzene rings is 7. The predicted octanol–water partition coefficient (Wildman–Crippen LogP) is 15.8. The first-order chi connectivity index (χ1) is 35.4. The lowest BCUT2D eigenvalue weighted by atomic mass is 9.77. The number of aryl methyl sites for hydroxylation is 1. The highest BCUT2D eigenvalue weighted by atomic mass is 16.3. The predicted molar refractivity (Wildman–Crippen MR) is 312 cm³/mol. The lowest BCUT2D eigenvalue weighted by molar-refractivity contribution is 0.400. The Balaban J connectivity index is 0.000000322. The van der Waals surface area contributed by atoms with E-state index in [0.717, 1.165) is 46.2 Å². The summed E-state index contributed by atoms with van der Waals surface area (Å²) < 4.78 is 0. The summed E-state index contributed by atoms with van der Waals surface area (Å²) in [5.74, 6) is 2.59. The largest absolute Gasteiger partial charge is 0.508 e. The molecule has 0 spiro atoms. The van der Waals surface area contributed by atoms with Crippen LogP contribution in [0.15, 0.2) is 133 Å². The van der Waals surface area contributed by atoms with Crippen LogP contribution >= 0.6 is 0 Å². The van der Waals surface area contributed by atoms with E-state index < -0.39 is 0 Å². The van der Waals surface area contributed by atoms with Crippen molar-refractivity contribution >= 4 is 0 Å². The molecule has 418 valence electrons. The van der Waals surface area contributed by atoms with Crippen LogP contribution in [-0.4, -0.2) is 61.3 Å². The van der Waals surface area contributed by atoms with Crippen molar-refractivity contribution in [1.29, 1.82) is 0 Å². The van der Waals surface area contributed by atoms with Gasteiger partial charge >= 0.3 is 0 Å². The van der Waals surface area contributed by atoms with Gasteiger partial charge in [0.2, 0.25) is 0 Å². The van der Waals surface area contributed by atoms with Crippen LogP contribution in [0.4, 0.5) is 0 Å². The summed E-state index contributed by atoms with van der Waals surface area (Å²) >= 11 is 0. The number of rotatable bonds is 5. The second kappa shape index (κ2) is 27.3. The molecule has 0 saturated carbocycles. The summed E-state index contributed by atoms with van der Waals surface area (Å²) in [6, 6.07) is 35.4. The Hall–Kier alpha value is -7.86. The van der Waals surface area contributed by atoms with Crippen molar-refractivity contribution < 1.29 is 61.3 Å². The maximum absolute atomic E-state index is 10.2. The molecular formula is C65H86O12. The Morgan fingerprint density at radius 2 is 0.584 bits per heavy atom. The fraction of sp³-hybridized carbons (Fsp3) is 0.354. The van der Waals surface area contributed by atoms with Gasteiger partial charge in [0.1, 0.15) is 69.0 Å². The SMILES string of the molecule is CC(C)(C)c1cc(O)c(C(C)(C)C)cc1O.CC(C)(C)c1cc(O)ccc1O.CCC(C)(C)c1cc(O)c(C(C)(C)CC)cc1O.Cc1cc(O)ccc1O.Oc1ccc(O)c(-c2ccccc2)c1.Oc1ccc(O)cc1. The summed E-state index contributed by atoms with van der Waals surface area (Å²) in [7, 11) is 0. The van der Waals surface area contributed by atoms with Crippen molar-refractivity contribution in [2.75, 3.05) is 0 Å². The minimum absolute atomic E-state index is 0.129. The average Bonchev–Trinajstić information content (AvgIpc) is 3.34. The number of aromatic hydroxyl groups is 12. The third-order valence-electron chi connectivity index (χ3n) is 13.0. The molecule has 77 heavy (non-hydrogen) atoms. The first-order valence-corrected chi connectivity index (χ1v) is 25.6. The van der Waals surface area contributed by atoms with E-state index in [1.807, 2.05) is 92.6 Å². The van der Waals surface area contributed by atoms with Gasteiger partial charge in [0.15, 0.2) is 0 Å². The fourth-order valence-corrected chi connectivity index (χ4v) is 7.41. The minimum Gasteiger partial charge on any atom is -0.508 e. The maximum atomic E-state index is 10.2. The summed E-state index contributed by atoms with van der Waals surface area (Å²) in [6.07, 6.45) is 1.83. The van der Waals surface area contributed by atoms with Crippen LogP contribution in [0.1, 0.15) is 150 Å². The van der Waals surface area contributed by atoms with Crippen molar-refractivity contribution in [2.24, 2.45) is 0 Å². The number of phenols is 12. The molecule has 0 radical (unpaired) electrons. The van der Waals surface area contributed by atoms with Crippen molar-refractivity contribution in [2.45, 2.75) is 151 Å². The Morgan fingerprint density at radius 3 is 0.922 bits per heavy atom. The highest BCUT2D eigenvalue weighted by Gasteiger charge is 2.29. The van der Waals surface area contributed by atoms with E-state index in [9.17, 15) is 40.9 Å². The van der Waals surface area contributed by atoms with E-state index >= 15 is 0 Å². The molecule has 7 aromatic rings. The molecule has 0 unspecified atom stereocenters. The first kappa shape index (κ1) is 65.3. The van der Waals surface area contributed by atoms with Gasteiger partial charge in [-0.25, -0.2) is 0 Å². The van der Waals surface area contributed by atoms with Crippen LogP contribution in [-0.2, 0) is 27.1 Å². The Morgan fingerprint density at radius 1 is 0.286 bits per heavy atom. The molecule has 0 aliphatic heterocycles. The minimum atomic E-state index is -0.169. The zero-order valence-electron chi connectivity index (χ0n) is 48.0. The molecule has 12 heteroatoms. The zero-order valence-corrected chi connectivity index (χ0v) is 48.0. The highest BCUT2D eigenvalue weighted by Crippen LogP contribution is 2.43. The molecule has 0 bridgehead atoms. The standard InChI is InChI=1S/C16H26O2.C14H22O2.C12H10O2.C10H14O2.C7H8O2.C6H6O2/c1-7-15(3,4)11-9-14(18)12(10-13(11)17)16(5,6)8-2;1-13(2,3)9-7-12(16)10(8-11(9)15)14(4,5)6;13-10-6-7-12(14)11(8-10)9-4-2-1-3-5-9;1-10(2,3)8-6-7(11)4-5-9(8)12;1-5-4-6(8)2-3-7(5)9;7-5-1-2-6(8)4-3-5/h9-10,17-18H,7-8H2,1-6H3;7-8,15-16H,1-6H3;1-8,13-14H;4-6,11-12H,1-3H3;2-4,8-9H,1H3;1-4,7-8H. The smallest absolute Gasteiger partial charge is 0.123 e. The monoisotopic (exact) mass is 1060 g/mol. The maximum Gasteiger partial charge on any atom is 0.123 e. The second-order valence-corrected chi connectivity index (χ2v) is 23.3. The Bertz CT molecular complexity index is 2850. The molecule has 0 amide bonds. The summed E-state index contributed by atoms with van der Waals surface area (Å²) in [5, 5.41) is 113. The molecule has 7 rings (SSSR count). The number of phenolic OH excluding ortho intramolecular Hbond substituents is 12. The van der Waals surface area contributed by atoms with Gasteiger partial charge in [-0.2, -0.15) is 0 Å². The van der Waals surface area contributed by atoms with E-state index in [1.165, 1.54) is 66.7 Å². The van der Waals surface area contributed by atoms with Crippen LogP contribution in [0, 0.1) is 6.92 Å². The van der Waals surface area contributed by atoms with Crippen LogP contribution in [0.25, 0.3) is 11.1 Å². The Labute approximate surface area is 457 Å². The van der Waals surface area contributed by atoms with Crippen LogP contribution < -0.4 is 0 Å². The highest BCUT2D eigenvalue weighted by molar-refractivity contribution is 5.71. The Kier molecular flexibility index (Phi) is 23.1. The van der Waals surface area contributed by atoms with E-state index in [1.54, 1.807) is 43.3 Å². The van der Waals surface area contributed by atoms with Gasteiger partial charge in [0.25, 0.3) is 0 Å². The average molecular weight is 1060 g/mol. The van der Waals surface area contributed by atoms with Gasteiger partial charge in [0, 0.05) is 33.4 Å². The van der Waals surface area contributed by atoms with Crippen LogP contribution in [0.2, 0.25) is 0 Å². The third kappa shape index (κ3) is 20.3. The van der Waals surface area contributed by atoms with Gasteiger partial charge < -0.3 is 61.3 Å². The van der Waals surface area contributed by atoms with Gasteiger partial charge in [-0.1, -0.05) is 134 Å². The van der Waals surface area contributed by atoms with Gasteiger partial charge in [-0.15, -0.1) is 0 Å². The van der Waals surface area contributed by atoms with Gasteiger partial charge in [0.05, 0.1) is 0 Å². The number of hydrogen-bond donors (Lipinski definition) is 12. The second-order valence-electron chi connectivity index (χ2n) is 23.3. The van der Waals surface area contributed by atoms with Crippen molar-refractivity contribution in [1.82, 2.24) is 0 Å². The molecule has 0 aromatic heterocycles. The lowest BCUT2D eigenvalue weighted by Crippen LogP contribution is -2.19. The summed E-state index contributed by atoms with van der Waals surface area (Å²) in [5.41, 5.74) is 5.45. The van der Waals surface area contributed by atoms with Crippen LogP contribution in [0.3, 0.4) is 0 Å². The molecule has 0 heterocycles. The quantitative estimate of drug-likeness (QED) is 0.0721. The summed E-state index contributed by atoms with van der Waals surface area (Å²) in [6.45, 7) is 32.2. The molecule has 0 fully saturated rings. The van der Waals surface area contributed by atoms with Crippen molar-refractivity contribution in [3.63, 3.8) is 0 Å². The van der Waals surface area contributed by atoms with Gasteiger partial charge in [-0.05, 0) is 161 Å². The molecule has 0 saturated heterocycles. The van der Waals surface area contributed by atoms with Crippen molar-refractivity contribution in [3.8, 4) is 80.1 Å². The first-order valence-electron chi connectivity index (χ1n) is 25.6. The van der Waals surface area contributed by atoms with Gasteiger partial charge in [-0.3, -0.25) is 0 Å². The molecule has 0 aliphatic carbocycles. The molecule has 12 nitrogen and oxygen atoms in total. The van der Waals surface area contributed by atoms with Crippen molar-refractivity contribution in [3.05, 3.63) is 167 Å². The van der Waals surface area contributed by atoms with E-state index in [2.05, 4.69) is 41.5 Å². The van der Waals surface area contributed by atoms with E-state index in [-0.39, 0.29) is 96.1 Å². The normalized spacial score (nSPS) is 11.3. The molecule has 0 atom stereocenters. The molecule has 7 aromatic carbocycles. The van der Waals surface area contributed by atoms with Crippen LogP contribution in [0.5, 0.6) is 69.0 Å². The summed E-state index contributed by atoms with van der Waals surface area (Å²) in [4.78, 5) is 0. The molecular weight excluding hydrogens is 973 g/mol. The molecule has 0 aliphatic rings. The van der Waals surface area contributed by atoms with E-state index in [0.29, 0.717) is 11.1 Å². The molecule has 12 N–H and O–H groups in total. The number of hydrogen-bond acceptors (Lipinski definition) is 12. The zero-order chi connectivity index (χ0) is 59.0. The third-order valence-corrected chi connectivity index (χ3v) is 13.0. The lowest BCUT2D eigenvalue weighted by Gasteiger charge is -2.29. The fourth-order valence-electron chi connectivity index (χ4n) is 7.41. The topological polar surface area (TPSA) is 243 Å².